The van der Waals surface area contributed by atoms with Crippen molar-refractivity contribution in [2.75, 3.05) is 17.5 Å². The lowest BCUT2D eigenvalue weighted by atomic mass is 10.1. The number of anilines is 1. The molecule has 1 atom stereocenters. The van der Waals surface area contributed by atoms with Gasteiger partial charge in [0.15, 0.2) is 0 Å². The molecule has 0 saturated heterocycles. The average molecular weight is 617 g/mol. The number of carbonyl (C=O) groups excluding carboxylic acids is 2. The van der Waals surface area contributed by atoms with E-state index in [-0.39, 0.29) is 23.4 Å². The van der Waals surface area contributed by atoms with Crippen LogP contribution < -0.4 is 14.4 Å². The monoisotopic (exact) mass is 615 g/mol. The zero-order valence-electron chi connectivity index (χ0n) is 22.5. The number of nitrogens with one attached hydrogen (secondary N) is 1. The van der Waals surface area contributed by atoms with Crippen molar-refractivity contribution >= 4 is 43.5 Å². The molecule has 3 aromatic carbocycles. The van der Waals surface area contributed by atoms with E-state index in [0.717, 1.165) is 14.3 Å². The van der Waals surface area contributed by atoms with Crippen molar-refractivity contribution in [3.05, 3.63) is 88.9 Å². The first-order valence-electron chi connectivity index (χ1n) is 12.7. The molecule has 0 bridgehead atoms. The highest BCUT2D eigenvalue weighted by atomic mass is 79.9. The van der Waals surface area contributed by atoms with Crippen LogP contribution in [0.5, 0.6) is 5.75 Å². The minimum atomic E-state index is -4.13. The lowest BCUT2D eigenvalue weighted by Gasteiger charge is -2.32. The normalized spacial score (nSPS) is 12.1. The van der Waals surface area contributed by atoms with E-state index in [1.807, 2.05) is 45.0 Å². The molecule has 0 aliphatic heterocycles. The standard InChI is InChI=1S/C29H34BrN3O5S/c1-5-38-26-15-17-27(18-16-26)39(36,37)33(25-9-7-6-8-10-25)20-28(34)32(22(4)29(35)31-21(2)3)19-23-11-13-24(30)14-12-23/h6-18,21-22H,5,19-20H2,1-4H3,(H,31,35)/t22-/m0/s1. The van der Waals surface area contributed by atoms with Gasteiger partial charge < -0.3 is 15.0 Å². The smallest absolute Gasteiger partial charge is 0.264 e. The Balaban J connectivity index is 1.99. The van der Waals surface area contributed by atoms with Gasteiger partial charge in [-0.05, 0) is 81.8 Å². The zero-order chi connectivity index (χ0) is 28.6. The number of halogens is 1. The van der Waals surface area contributed by atoms with Crippen LogP contribution in [-0.2, 0) is 26.2 Å². The summed E-state index contributed by atoms with van der Waals surface area (Å²) in [5.41, 5.74) is 1.14. The maximum absolute atomic E-state index is 13.9. The molecule has 0 spiro atoms. The van der Waals surface area contributed by atoms with Gasteiger partial charge in [0.2, 0.25) is 11.8 Å². The Kier molecular flexibility index (Phi) is 10.5. The Bertz CT molecular complexity index is 1350. The number of rotatable bonds is 12. The lowest BCUT2D eigenvalue weighted by Crippen LogP contribution is -2.52. The average Bonchev–Trinajstić information content (AvgIpc) is 2.91. The van der Waals surface area contributed by atoms with Gasteiger partial charge in [0.1, 0.15) is 18.3 Å². The second-order valence-electron chi connectivity index (χ2n) is 9.24. The Morgan fingerprint density at radius 1 is 0.923 bits per heavy atom. The number of hydrogen-bond donors (Lipinski definition) is 1. The SMILES string of the molecule is CCOc1ccc(S(=O)(=O)N(CC(=O)N(Cc2ccc(Br)cc2)[C@@H](C)C(=O)NC(C)C)c2ccccc2)cc1. The van der Waals surface area contributed by atoms with Gasteiger partial charge in [-0.2, -0.15) is 0 Å². The van der Waals surface area contributed by atoms with Crippen molar-refractivity contribution in [2.24, 2.45) is 0 Å². The van der Waals surface area contributed by atoms with E-state index in [2.05, 4.69) is 21.2 Å². The summed E-state index contributed by atoms with van der Waals surface area (Å²) in [6.45, 7) is 7.25. The van der Waals surface area contributed by atoms with Crippen LogP contribution in [0.2, 0.25) is 0 Å². The summed E-state index contributed by atoms with van der Waals surface area (Å²) in [4.78, 5) is 28.2. The third-order valence-electron chi connectivity index (χ3n) is 5.91. The molecule has 0 aliphatic carbocycles. The first kappa shape index (κ1) is 30.2. The summed E-state index contributed by atoms with van der Waals surface area (Å²) in [6.07, 6.45) is 0. The summed E-state index contributed by atoms with van der Waals surface area (Å²) >= 11 is 3.41. The van der Waals surface area contributed by atoms with Crippen molar-refractivity contribution in [1.29, 1.82) is 0 Å². The first-order chi connectivity index (χ1) is 18.5. The second kappa shape index (κ2) is 13.6. The predicted molar refractivity (Wildman–Crippen MR) is 156 cm³/mol. The van der Waals surface area contributed by atoms with E-state index in [4.69, 9.17) is 4.74 Å². The zero-order valence-corrected chi connectivity index (χ0v) is 24.9. The molecule has 8 nitrogen and oxygen atoms in total. The summed E-state index contributed by atoms with van der Waals surface area (Å²) in [6, 6.07) is 21.0. The van der Waals surface area contributed by atoms with E-state index >= 15 is 0 Å². The van der Waals surface area contributed by atoms with Gasteiger partial charge >= 0.3 is 0 Å². The topological polar surface area (TPSA) is 96.0 Å². The number of benzene rings is 3. The molecule has 0 aliphatic rings. The molecular weight excluding hydrogens is 582 g/mol. The van der Waals surface area contributed by atoms with Gasteiger partial charge in [-0.3, -0.25) is 13.9 Å². The Morgan fingerprint density at radius 2 is 1.54 bits per heavy atom. The molecule has 0 radical (unpaired) electrons. The van der Waals surface area contributed by atoms with Gasteiger partial charge in [0.05, 0.1) is 17.2 Å². The molecule has 2 amide bonds. The van der Waals surface area contributed by atoms with Crippen LogP contribution >= 0.6 is 15.9 Å². The van der Waals surface area contributed by atoms with Crippen molar-refractivity contribution in [3.8, 4) is 5.75 Å². The number of nitrogens with zero attached hydrogens (tertiary/aromatic N) is 2. The molecule has 208 valence electrons. The number of para-hydroxylation sites is 1. The summed E-state index contributed by atoms with van der Waals surface area (Å²) < 4.78 is 35.1. The first-order valence-corrected chi connectivity index (χ1v) is 14.9. The highest BCUT2D eigenvalue weighted by Crippen LogP contribution is 2.26. The largest absolute Gasteiger partial charge is 0.494 e. The van der Waals surface area contributed by atoms with Gasteiger partial charge in [0, 0.05) is 17.1 Å². The Morgan fingerprint density at radius 3 is 2.10 bits per heavy atom. The van der Waals surface area contributed by atoms with Crippen molar-refractivity contribution in [3.63, 3.8) is 0 Å². The van der Waals surface area contributed by atoms with E-state index < -0.39 is 28.5 Å². The fourth-order valence-corrected chi connectivity index (χ4v) is 5.58. The molecular formula is C29H34BrN3O5S. The van der Waals surface area contributed by atoms with Crippen LogP contribution in [0.25, 0.3) is 0 Å². The third kappa shape index (κ3) is 8.06. The van der Waals surface area contributed by atoms with Crippen LogP contribution in [0.1, 0.15) is 33.3 Å². The predicted octanol–water partition coefficient (Wildman–Crippen LogP) is 4.99. The van der Waals surface area contributed by atoms with Crippen molar-refractivity contribution < 1.29 is 22.7 Å². The van der Waals surface area contributed by atoms with Crippen LogP contribution in [0.3, 0.4) is 0 Å². The van der Waals surface area contributed by atoms with Crippen LogP contribution in [0, 0.1) is 0 Å². The molecule has 1 N–H and O–H groups in total. The molecule has 10 heteroatoms. The second-order valence-corrected chi connectivity index (χ2v) is 12.0. The third-order valence-corrected chi connectivity index (χ3v) is 8.23. The maximum Gasteiger partial charge on any atom is 0.264 e. The molecule has 39 heavy (non-hydrogen) atoms. The van der Waals surface area contributed by atoms with Gasteiger partial charge in [0.25, 0.3) is 10.0 Å². The van der Waals surface area contributed by atoms with Gasteiger partial charge in [-0.25, -0.2) is 8.42 Å². The van der Waals surface area contributed by atoms with Gasteiger partial charge in [-0.1, -0.05) is 46.3 Å². The van der Waals surface area contributed by atoms with E-state index in [9.17, 15) is 18.0 Å². The Hall–Kier alpha value is -3.37. The summed E-state index contributed by atoms with van der Waals surface area (Å²) in [5.74, 6) is -0.289. The molecule has 3 rings (SSSR count). The number of amides is 2. The quantitative estimate of drug-likeness (QED) is 0.310. The number of ether oxygens (including phenoxy) is 1. The fraction of sp³-hybridized carbons (Fsp3) is 0.310. The number of carbonyl (C=O) groups is 2. The number of hydrogen-bond acceptors (Lipinski definition) is 5. The minimum Gasteiger partial charge on any atom is -0.494 e. The minimum absolute atomic E-state index is 0.0210. The van der Waals surface area contributed by atoms with Crippen molar-refractivity contribution in [1.82, 2.24) is 10.2 Å². The summed E-state index contributed by atoms with van der Waals surface area (Å²) in [5, 5.41) is 2.85. The van der Waals surface area contributed by atoms with Crippen LogP contribution in [0.15, 0.2) is 88.2 Å². The Labute approximate surface area is 239 Å². The van der Waals surface area contributed by atoms with E-state index in [0.29, 0.717) is 18.0 Å². The maximum atomic E-state index is 13.9. The van der Waals surface area contributed by atoms with Crippen molar-refractivity contribution in [2.45, 2.75) is 51.2 Å². The van der Waals surface area contributed by atoms with Crippen LogP contribution in [0.4, 0.5) is 5.69 Å². The molecule has 0 fully saturated rings. The highest BCUT2D eigenvalue weighted by molar-refractivity contribution is 9.10. The molecule has 0 aromatic heterocycles. The van der Waals surface area contributed by atoms with E-state index in [1.165, 1.54) is 17.0 Å². The fourth-order valence-electron chi connectivity index (χ4n) is 3.90. The molecule has 0 unspecified atom stereocenters. The molecule has 0 saturated carbocycles. The highest BCUT2D eigenvalue weighted by Gasteiger charge is 2.32. The van der Waals surface area contributed by atoms with Gasteiger partial charge in [-0.15, -0.1) is 0 Å². The molecule has 3 aromatic rings. The molecule has 0 heterocycles. The number of sulfonamides is 1. The van der Waals surface area contributed by atoms with E-state index in [1.54, 1.807) is 49.4 Å². The lowest BCUT2D eigenvalue weighted by molar-refractivity contribution is -0.139. The van der Waals surface area contributed by atoms with Crippen LogP contribution in [-0.4, -0.2) is 50.4 Å². The summed E-state index contributed by atoms with van der Waals surface area (Å²) in [7, 11) is -4.13.